The van der Waals surface area contributed by atoms with Crippen molar-refractivity contribution in [1.82, 2.24) is 5.32 Å². The zero-order valence-electron chi connectivity index (χ0n) is 15.5. The van der Waals surface area contributed by atoms with Gasteiger partial charge in [0.15, 0.2) is 12.1 Å². The van der Waals surface area contributed by atoms with Crippen LogP contribution in [0.25, 0.3) is 0 Å². The molecule has 0 unspecified atom stereocenters. The summed E-state index contributed by atoms with van der Waals surface area (Å²) in [6.45, 7) is 7.28. The molecule has 0 saturated carbocycles. The van der Waals surface area contributed by atoms with Crippen LogP contribution in [0.5, 0.6) is 0 Å². The molecule has 0 aromatic carbocycles. The van der Waals surface area contributed by atoms with E-state index in [1.807, 2.05) is 27.7 Å². The van der Waals surface area contributed by atoms with Crippen LogP contribution in [0.2, 0.25) is 0 Å². The van der Waals surface area contributed by atoms with Crippen molar-refractivity contribution in [2.75, 3.05) is 14.2 Å². The van der Waals surface area contributed by atoms with Gasteiger partial charge in [0, 0.05) is 13.2 Å². The minimum atomic E-state index is -0.738. The fraction of sp³-hybridized carbons (Fsp3) is 0.765. The van der Waals surface area contributed by atoms with Gasteiger partial charge in [-0.25, -0.2) is 4.79 Å². The summed E-state index contributed by atoms with van der Waals surface area (Å²) in [4.78, 5) is 23.9. The smallest absolute Gasteiger partial charge is 0.328 e. The van der Waals surface area contributed by atoms with Gasteiger partial charge in [-0.3, -0.25) is 4.79 Å². The van der Waals surface area contributed by atoms with Gasteiger partial charge in [0.2, 0.25) is 5.91 Å². The Balaban J connectivity index is 2.01. The third kappa shape index (κ3) is 4.58. The van der Waals surface area contributed by atoms with Crippen molar-refractivity contribution in [2.45, 2.75) is 64.1 Å². The first kappa shape index (κ1) is 19.8. The molecule has 0 bridgehead atoms. The van der Waals surface area contributed by atoms with Crippen LogP contribution in [0.15, 0.2) is 12.2 Å². The number of nitrogens with one attached hydrogen (secondary N) is 1. The van der Waals surface area contributed by atoms with E-state index in [4.69, 9.17) is 23.7 Å². The topological polar surface area (TPSA) is 92.3 Å². The van der Waals surface area contributed by atoms with Crippen molar-refractivity contribution >= 4 is 11.9 Å². The molecule has 0 spiro atoms. The number of rotatable bonds is 6. The van der Waals surface area contributed by atoms with Crippen LogP contribution in [0.3, 0.4) is 0 Å². The molecule has 25 heavy (non-hydrogen) atoms. The maximum atomic E-state index is 12.1. The Morgan fingerprint density at radius 2 is 1.80 bits per heavy atom. The lowest BCUT2D eigenvalue weighted by atomic mass is 10.0. The summed E-state index contributed by atoms with van der Waals surface area (Å²) in [5.41, 5.74) is 0. The molecule has 2 aliphatic heterocycles. The van der Waals surface area contributed by atoms with Crippen molar-refractivity contribution in [2.24, 2.45) is 5.92 Å². The lowest BCUT2D eigenvalue weighted by molar-refractivity contribution is -0.221. The van der Waals surface area contributed by atoms with E-state index in [1.54, 1.807) is 6.08 Å². The Morgan fingerprint density at radius 3 is 2.36 bits per heavy atom. The van der Waals surface area contributed by atoms with Crippen molar-refractivity contribution in [1.29, 1.82) is 0 Å². The van der Waals surface area contributed by atoms with E-state index in [0.717, 1.165) is 0 Å². The summed E-state index contributed by atoms with van der Waals surface area (Å²) < 4.78 is 27.3. The summed E-state index contributed by atoms with van der Waals surface area (Å²) in [7, 11) is 2.81. The molecule has 2 heterocycles. The fourth-order valence-corrected chi connectivity index (χ4v) is 2.94. The number of esters is 1. The van der Waals surface area contributed by atoms with Gasteiger partial charge in [-0.15, -0.1) is 0 Å². The monoisotopic (exact) mass is 357 g/mol. The first-order chi connectivity index (χ1) is 11.7. The van der Waals surface area contributed by atoms with E-state index in [9.17, 15) is 9.59 Å². The highest BCUT2D eigenvalue weighted by atomic mass is 16.8. The number of hydrogen-bond acceptors (Lipinski definition) is 7. The molecule has 0 aliphatic carbocycles. The van der Waals surface area contributed by atoms with Gasteiger partial charge in [-0.2, -0.15) is 0 Å². The molecule has 142 valence electrons. The van der Waals surface area contributed by atoms with Crippen molar-refractivity contribution < 1.29 is 33.3 Å². The van der Waals surface area contributed by atoms with Gasteiger partial charge >= 0.3 is 5.97 Å². The van der Waals surface area contributed by atoms with Gasteiger partial charge in [0.05, 0.1) is 7.11 Å². The average Bonchev–Trinajstić information content (AvgIpc) is 3.02. The third-order valence-corrected chi connectivity index (χ3v) is 4.14. The molecule has 0 radical (unpaired) electrons. The van der Waals surface area contributed by atoms with E-state index in [2.05, 4.69) is 5.32 Å². The number of carbonyl (C=O) groups excluding carboxylic acids is 2. The quantitative estimate of drug-likeness (QED) is 0.554. The number of ether oxygens (including phenoxy) is 5. The second kappa shape index (κ2) is 7.82. The predicted molar refractivity (Wildman–Crippen MR) is 87.4 cm³/mol. The van der Waals surface area contributed by atoms with Gasteiger partial charge in [0.1, 0.15) is 24.4 Å². The van der Waals surface area contributed by atoms with Gasteiger partial charge < -0.3 is 29.0 Å². The second-order valence-electron chi connectivity index (χ2n) is 6.88. The van der Waals surface area contributed by atoms with Crippen molar-refractivity contribution in [3.05, 3.63) is 12.2 Å². The first-order valence-corrected chi connectivity index (χ1v) is 8.29. The van der Waals surface area contributed by atoms with E-state index in [0.29, 0.717) is 0 Å². The molecule has 5 atom stereocenters. The summed E-state index contributed by atoms with van der Waals surface area (Å²) in [6, 6.07) is -0.712. The predicted octanol–water partition coefficient (Wildman–Crippen LogP) is 0.748. The molecule has 2 saturated heterocycles. The Bertz CT molecular complexity index is 531. The molecular weight excluding hydrogens is 330 g/mol. The summed E-state index contributed by atoms with van der Waals surface area (Å²) in [5, 5.41) is 2.63. The average molecular weight is 357 g/mol. The number of methoxy groups -OCH3 is 2. The lowest BCUT2D eigenvalue weighted by Crippen LogP contribution is -2.44. The highest BCUT2D eigenvalue weighted by Gasteiger charge is 2.54. The Morgan fingerprint density at radius 1 is 1.16 bits per heavy atom. The van der Waals surface area contributed by atoms with Crippen LogP contribution < -0.4 is 5.32 Å². The Labute approximate surface area is 147 Å². The summed E-state index contributed by atoms with van der Waals surface area (Å²) in [5.74, 6) is -1.73. The third-order valence-electron chi connectivity index (χ3n) is 4.14. The highest BCUT2D eigenvalue weighted by molar-refractivity contribution is 5.91. The minimum absolute atomic E-state index is 0.0952. The van der Waals surface area contributed by atoms with Crippen LogP contribution in [-0.4, -0.2) is 62.5 Å². The van der Waals surface area contributed by atoms with E-state index >= 15 is 0 Å². The first-order valence-electron chi connectivity index (χ1n) is 8.29. The molecule has 2 aliphatic rings. The molecular formula is C17H27NO7. The van der Waals surface area contributed by atoms with Gasteiger partial charge in [-0.1, -0.05) is 13.8 Å². The maximum Gasteiger partial charge on any atom is 0.328 e. The van der Waals surface area contributed by atoms with Gasteiger partial charge in [0.25, 0.3) is 0 Å². The Kier molecular flexibility index (Phi) is 6.21. The SMILES string of the molecule is COC(=O)[C@@H](NC(=O)/C=C/[C@H]1O[C@@H](OC)[C@@H]2OC(C)(C)O[C@@H]21)C(C)C. The standard InChI is InChI=1S/C17H27NO7/c1-9(2)12(15(20)21-5)18-11(19)8-7-10-13-14(16(22-6)23-10)25-17(3,4)24-13/h7-10,12-14,16H,1-6H3,(H,18,19)/b8-7+/t10-,12+,13-,14-,16-/m1/s1. The number of carbonyl (C=O) groups is 2. The normalized spacial score (nSPS) is 32.0. The number of amides is 1. The molecule has 0 aromatic heterocycles. The minimum Gasteiger partial charge on any atom is -0.467 e. The highest BCUT2D eigenvalue weighted by Crippen LogP contribution is 2.39. The van der Waals surface area contributed by atoms with Crippen LogP contribution in [-0.2, 0) is 33.3 Å². The summed E-state index contributed by atoms with van der Waals surface area (Å²) >= 11 is 0. The molecule has 0 aromatic rings. The molecule has 8 nitrogen and oxygen atoms in total. The zero-order valence-corrected chi connectivity index (χ0v) is 15.5. The van der Waals surface area contributed by atoms with Crippen LogP contribution in [0.1, 0.15) is 27.7 Å². The van der Waals surface area contributed by atoms with Crippen molar-refractivity contribution in [3.8, 4) is 0 Å². The second-order valence-corrected chi connectivity index (χ2v) is 6.88. The number of fused-ring (bicyclic) bond motifs is 1. The fourth-order valence-electron chi connectivity index (χ4n) is 2.94. The van der Waals surface area contributed by atoms with Crippen LogP contribution >= 0.6 is 0 Å². The molecule has 8 heteroatoms. The van der Waals surface area contributed by atoms with Gasteiger partial charge in [-0.05, 0) is 25.8 Å². The zero-order chi connectivity index (χ0) is 18.8. The largest absolute Gasteiger partial charge is 0.467 e. The Hall–Kier alpha value is -1.48. The molecule has 2 rings (SSSR count). The lowest BCUT2D eigenvalue weighted by Gasteiger charge is -2.22. The summed E-state index contributed by atoms with van der Waals surface area (Å²) in [6.07, 6.45) is 1.13. The van der Waals surface area contributed by atoms with E-state index in [1.165, 1.54) is 20.3 Å². The maximum absolute atomic E-state index is 12.1. The van der Waals surface area contributed by atoms with Crippen LogP contribution in [0, 0.1) is 5.92 Å². The molecule has 1 amide bonds. The van der Waals surface area contributed by atoms with Crippen molar-refractivity contribution in [3.63, 3.8) is 0 Å². The van der Waals surface area contributed by atoms with Crippen LogP contribution in [0.4, 0.5) is 0 Å². The van der Waals surface area contributed by atoms with E-state index < -0.39 is 36.1 Å². The molecule has 2 fully saturated rings. The van der Waals surface area contributed by atoms with E-state index in [-0.39, 0.29) is 18.1 Å². The molecule has 1 N–H and O–H groups in total. The number of hydrogen-bond donors (Lipinski definition) is 1.